The van der Waals surface area contributed by atoms with Gasteiger partial charge in [-0.2, -0.15) is 15.0 Å². The molecule has 0 aliphatic heterocycles. The molecule has 0 spiro atoms. The van der Waals surface area contributed by atoms with Crippen molar-refractivity contribution in [2.75, 3.05) is 16.0 Å². The van der Waals surface area contributed by atoms with E-state index >= 15 is 0 Å². The smallest absolute Gasteiger partial charge is 0.233 e. The van der Waals surface area contributed by atoms with E-state index in [1.165, 1.54) is 6.42 Å². The number of allylic oxidation sites excluding steroid dienone is 4. The number of benzene rings is 1. The molecule has 146 valence electrons. The fraction of sp³-hybridized carbons (Fsp3) is 0.318. The Kier molecular flexibility index (Phi) is 6.78. The zero-order chi connectivity index (χ0) is 19.8. The summed E-state index contributed by atoms with van der Waals surface area (Å²) in [7, 11) is 0. The highest BCUT2D eigenvalue weighted by molar-refractivity contribution is 5.56. The van der Waals surface area contributed by atoms with Crippen molar-refractivity contribution < 1.29 is 0 Å². The van der Waals surface area contributed by atoms with Gasteiger partial charge in [-0.05, 0) is 63.8 Å². The lowest BCUT2D eigenvalue weighted by Crippen LogP contribution is -2.15. The second-order valence-electron chi connectivity index (χ2n) is 7.13. The highest BCUT2D eigenvalue weighted by Gasteiger charge is 2.09. The monoisotopic (exact) mass is 376 g/mol. The number of para-hydroxylation sites is 1. The number of rotatable bonds is 6. The first-order chi connectivity index (χ1) is 13.6. The molecule has 6 heteroatoms. The molecule has 1 heterocycles. The van der Waals surface area contributed by atoms with Crippen LogP contribution in [0.5, 0.6) is 0 Å². The minimum Gasteiger partial charge on any atom is -0.352 e. The molecule has 3 N–H and O–H groups in total. The molecule has 3 rings (SSSR count). The number of hydrogen-bond donors (Lipinski definition) is 3. The Hall–Kier alpha value is -3.15. The largest absolute Gasteiger partial charge is 0.352 e. The molecule has 0 amide bonds. The van der Waals surface area contributed by atoms with Crippen molar-refractivity contribution in [1.29, 1.82) is 0 Å². The Morgan fingerprint density at radius 3 is 2.39 bits per heavy atom. The fourth-order valence-corrected chi connectivity index (χ4v) is 2.83. The predicted octanol–water partition coefficient (Wildman–Crippen LogP) is 5.42. The molecule has 0 saturated heterocycles. The zero-order valence-electron chi connectivity index (χ0n) is 16.6. The van der Waals surface area contributed by atoms with Crippen LogP contribution < -0.4 is 16.0 Å². The van der Waals surface area contributed by atoms with E-state index in [4.69, 9.17) is 0 Å². The lowest BCUT2D eigenvalue weighted by molar-refractivity contribution is 0.752. The molecule has 28 heavy (non-hydrogen) atoms. The third-order valence-electron chi connectivity index (χ3n) is 4.11. The van der Waals surface area contributed by atoms with E-state index < -0.39 is 0 Å². The number of hydrogen-bond acceptors (Lipinski definition) is 6. The lowest BCUT2D eigenvalue weighted by atomic mass is 10.1. The molecule has 0 bridgehead atoms. The van der Waals surface area contributed by atoms with E-state index in [0.29, 0.717) is 17.8 Å². The first kappa shape index (κ1) is 19.6. The van der Waals surface area contributed by atoms with Crippen molar-refractivity contribution in [3.63, 3.8) is 0 Å². The van der Waals surface area contributed by atoms with Gasteiger partial charge < -0.3 is 16.0 Å². The Bertz CT molecular complexity index is 855. The van der Waals surface area contributed by atoms with Crippen LogP contribution in [0.15, 0.2) is 66.4 Å². The maximum absolute atomic E-state index is 4.54. The van der Waals surface area contributed by atoms with Crippen LogP contribution in [0.4, 0.5) is 23.5 Å². The van der Waals surface area contributed by atoms with Gasteiger partial charge in [0.1, 0.15) is 0 Å². The average Bonchev–Trinajstić information content (AvgIpc) is 2.73. The molecule has 6 nitrogen and oxygen atoms in total. The molecule has 0 atom stereocenters. The molecular formula is C22H28N6. The summed E-state index contributed by atoms with van der Waals surface area (Å²) >= 11 is 0. The Labute approximate surface area is 166 Å². The van der Waals surface area contributed by atoms with Crippen LogP contribution in [0.3, 0.4) is 0 Å². The standard InChI is InChI=1S/C22H28N6/c1-16(2)23-20-26-21(24-18-12-9-6-10-13-18)28-22(27-20)25-19-14-8-5-4-7-11-17(3)15-19/h6,8-10,12-16H,3-5,7,11H2,1-2H3,(H3,23,24,25,26,27,28)/b14-8-,19-15+. The zero-order valence-corrected chi connectivity index (χ0v) is 16.6. The lowest BCUT2D eigenvalue weighted by Gasteiger charge is -2.13. The van der Waals surface area contributed by atoms with Gasteiger partial charge in [-0.15, -0.1) is 0 Å². The van der Waals surface area contributed by atoms with Crippen LogP contribution >= 0.6 is 0 Å². The molecule has 0 saturated carbocycles. The summed E-state index contributed by atoms with van der Waals surface area (Å²) in [5, 5.41) is 9.81. The van der Waals surface area contributed by atoms with E-state index in [-0.39, 0.29) is 6.04 Å². The molecule has 1 aliphatic carbocycles. The molecule has 0 fully saturated rings. The topological polar surface area (TPSA) is 74.8 Å². The first-order valence-corrected chi connectivity index (χ1v) is 9.76. The molecule has 0 unspecified atom stereocenters. The van der Waals surface area contributed by atoms with Crippen LogP contribution in [0.25, 0.3) is 0 Å². The van der Waals surface area contributed by atoms with Gasteiger partial charge >= 0.3 is 0 Å². The van der Waals surface area contributed by atoms with Crippen molar-refractivity contribution in [1.82, 2.24) is 15.0 Å². The van der Waals surface area contributed by atoms with Crippen LogP contribution in [0.1, 0.15) is 39.5 Å². The summed E-state index contributed by atoms with van der Waals surface area (Å²) in [4.78, 5) is 13.6. The third kappa shape index (κ3) is 6.23. The van der Waals surface area contributed by atoms with E-state index in [1.54, 1.807) is 0 Å². The van der Waals surface area contributed by atoms with Crippen LogP contribution in [0.2, 0.25) is 0 Å². The molecule has 1 aliphatic rings. The second kappa shape index (κ2) is 9.69. The highest BCUT2D eigenvalue weighted by atomic mass is 15.3. The fourth-order valence-electron chi connectivity index (χ4n) is 2.83. The van der Waals surface area contributed by atoms with Crippen molar-refractivity contribution in [3.05, 3.63) is 66.4 Å². The summed E-state index contributed by atoms with van der Waals surface area (Å²) in [6.07, 6.45) is 10.7. The summed E-state index contributed by atoms with van der Waals surface area (Å²) in [5.41, 5.74) is 2.95. The Morgan fingerprint density at radius 2 is 1.64 bits per heavy atom. The minimum atomic E-state index is 0.212. The Morgan fingerprint density at radius 1 is 0.929 bits per heavy atom. The van der Waals surface area contributed by atoms with Crippen LogP contribution in [0, 0.1) is 0 Å². The normalized spacial score (nSPS) is 17.7. The molecular weight excluding hydrogens is 348 g/mol. The van der Waals surface area contributed by atoms with E-state index in [1.807, 2.05) is 30.3 Å². The molecule has 1 aromatic heterocycles. The van der Waals surface area contributed by atoms with Crippen molar-refractivity contribution >= 4 is 23.5 Å². The van der Waals surface area contributed by atoms with Gasteiger partial charge in [-0.25, -0.2) is 0 Å². The SMILES string of the molecule is C=C1/C=C(Nc2nc(Nc3ccccc3)nc(NC(C)C)n2)\C=C/CCCC1. The second-order valence-corrected chi connectivity index (χ2v) is 7.13. The Balaban J connectivity index is 1.87. The number of anilines is 4. The third-order valence-corrected chi connectivity index (χ3v) is 4.11. The summed E-state index contributed by atoms with van der Waals surface area (Å²) in [6, 6.07) is 10.1. The van der Waals surface area contributed by atoms with E-state index in [2.05, 4.69) is 69.6 Å². The maximum Gasteiger partial charge on any atom is 0.233 e. The van der Waals surface area contributed by atoms with Gasteiger partial charge in [0.2, 0.25) is 17.8 Å². The van der Waals surface area contributed by atoms with Gasteiger partial charge in [0.25, 0.3) is 0 Å². The maximum atomic E-state index is 4.54. The molecule has 0 radical (unpaired) electrons. The average molecular weight is 377 g/mol. The van der Waals surface area contributed by atoms with Gasteiger partial charge in [0.05, 0.1) is 0 Å². The van der Waals surface area contributed by atoms with Crippen molar-refractivity contribution in [2.24, 2.45) is 0 Å². The van der Waals surface area contributed by atoms with Crippen molar-refractivity contribution in [3.8, 4) is 0 Å². The predicted molar refractivity (Wildman–Crippen MR) is 117 cm³/mol. The first-order valence-electron chi connectivity index (χ1n) is 9.76. The van der Waals surface area contributed by atoms with Crippen LogP contribution in [-0.2, 0) is 0 Å². The van der Waals surface area contributed by atoms with Crippen LogP contribution in [-0.4, -0.2) is 21.0 Å². The number of nitrogens with zero attached hydrogens (tertiary/aromatic N) is 3. The summed E-state index contributed by atoms with van der Waals surface area (Å²) in [5.74, 6) is 1.50. The van der Waals surface area contributed by atoms with Gasteiger partial charge in [0.15, 0.2) is 0 Å². The number of nitrogens with one attached hydrogen (secondary N) is 3. The highest BCUT2D eigenvalue weighted by Crippen LogP contribution is 2.19. The summed E-state index contributed by atoms with van der Waals surface area (Å²) < 4.78 is 0. The van der Waals surface area contributed by atoms with E-state index in [9.17, 15) is 0 Å². The molecule has 1 aromatic carbocycles. The summed E-state index contributed by atoms with van der Waals surface area (Å²) in [6.45, 7) is 8.25. The van der Waals surface area contributed by atoms with Gasteiger partial charge in [-0.1, -0.05) is 36.4 Å². The quantitative estimate of drug-likeness (QED) is 0.625. The van der Waals surface area contributed by atoms with Gasteiger partial charge in [0, 0.05) is 17.4 Å². The molecule has 2 aromatic rings. The minimum absolute atomic E-state index is 0.212. The number of aromatic nitrogens is 3. The van der Waals surface area contributed by atoms with Crippen molar-refractivity contribution in [2.45, 2.75) is 45.6 Å². The van der Waals surface area contributed by atoms with Gasteiger partial charge in [-0.3, -0.25) is 0 Å². The van der Waals surface area contributed by atoms with E-state index in [0.717, 1.165) is 36.2 Å².